The number of hydrogen-bond acceptors (Lipinski definition) is 5. The van der Waals surface area contributed by atoms with Gasteiger partial charge in [-0.2, -0.15) is 5.10 Å². The normalized spacial score (nSPS) is 22.5. The lowest BCUT2D eigenvalue weighted by atomic mass is 9.81. The van der Waals surface area contributed by atoms with Gasteiger partial charge in [0.2, 0.25) is 0 Å². The molecule has 0 saturated heterocycles. The Kier molecular flexibility index (Phi) is 5.08. The van der Waals surface area contributed by atoms with Crippen LogP contribution in [0.1, 0.15) is 55.7 Å². The van der Waals surface area contributed by atoms with E-state index >= 15 is 0 Å². The summed E-state index contributed by atoms with van der Waals surface area (Å²) >= 11 is 0. The quantitative estimate of drug-likeness (QED) is 0.870. The number of nitrogens with zero attached hydrogens (tertiary/aromatic N) is 4. The lowest BCUT2D eigenvalue weighted by Gasteiger charge is -2.34. The molecule has 2 heterocycles. The fourth-order valence-corrected chi connectivity index (χ4v) is 3.71. The summed E-state index contributed by atoms with van der Waals surface area (Å²) in [6, 6.07) is 0.625. The summed E-state index contributed by atoms with van der Waals surface area (Å²) in [5.41, 5.74) is 2.02. The molecule has 0 radical (unpaired) electrons. The standard InChI is InChI=1S/C17H26N6O/c1-11-14(9-18-10-19-11)12(2)20-15-7-5-4-6-13(15)8-16-21-22-17(24)23(16)3/h9-10,12-13,15,20H,4-8H2,1-3H3,(H,22,24)/t12?,13-,15-/m1/s1. The molecular weight excluding hydrogens is 304 g/mol. The molecule has 0 amide bonds. The van der Waals surface area contributed by atoms with Crippen molar-refractivity contribution in [1.29, 1.82) is 0 Å². The largest absolute Gasteiger partial charge is 0.343 e. The van der Waals surface area contributed by atoms with E-state index in [0.717, 1.165) is 36.3 Å². The zero-order valence-corrected chi connectivity index (χ0v) is 14.6. The van der Waals surface area contributed by atoms with E-state index in [0.29, 0.717) is 12.0 Å². The number of rotatable bonds is 5. The number of aromatic nitrogens is 5. The molecule has 2 aromatic rings. The molecule has 3 rings (SSSR count). The SMILES string of the molecule is Cc1ncncc1C(C)N[C@@H]1CCCC[C@@H]1Cc1n[nH]c(=O)n1C. The van der Waals surface area contributed by atoms with Gasteiger partial charge in [-0.1, -0.05) is 12.8 Å². The third-order valence-electron chi connectivity index (χ3n) is 5.21. The summed E-state index contributed by atoms with van der Waals surface area (Å²) in [7, 11) is 1.78. The van der Waals surface area contributed by atoms with Crippen LogP contribution in [0.4, 0.5) is 0 Å². The van der Waals surface area contributed by atoms with Gasteiger partial charge in [0.25, 0.3) is 0 Å². The van der Waals surface area contributed by atoms with E-state index in [1.807, 2.05) is 13.1 Å². The summed E-state index contributed by atoms with van der Waals surface area (Å²) in [5, 5.41) is 10.5. The second-order valence-corrected chi connectivity index (χ2v) is 6.81. The van der Waals surface area contributed by atoms with Crippen molar-refractivity contribution >= 4 is 0 Å². The van der Waals surface area contributed by atoms with Crippen LogP contribution >= 0.6 is 0 Å². The van der Waals surface area contributed by atoms with Gasteiger partial charge in [0.15, 0.2) is 0 Å². The Balaban J connectivity index is 1.71. The van der Waals surface area contributed by atoms with Crippen molar-refractivity contribution in [3.8, 4) is 0 Å². The lowest BCUT2D eigenvalue weighted by molar-refractivity contribution is 0.240. The number of hydrogen-bond donors (Lipinski definition) is 2. The second kappa shape index (κ2) is 7.25. The zero-order valence-electron chi connectivity index (χ0n) is 14.6. The molecule has 7 heteroatoms. The highest BCUT2D eigenvalue weighted by atomic mass is 16.1. The van der Waals surface area contributed by atoms with E-state index < -0.39 is 0 Å². The van der Waals surface area contributed by atoms with Crippen LogP contribution in [0.2, 0.25) is 0 Å². The predicted molar refractivity (Wildman–Crippen MR) is 91.6 cm³/mol. The fourth-order valence-electron chi connectivity index (χ4n) is 3.71. The average molecular weight is 330 g/mol. The molecule has 0 aromatic carbocycles. The maximum atomic E-state index is 11.6. The molecular formula is C17H26N6O. The van der Waals surface area contributed by atoms with Gasteiger partial charge in [0.05, 0.1) is 0 Å². The van der Waals surface area contributed by atoms with Crippen LogP contribution in [0.15, 0.2) is 17.3 Å². The van der Waals surface area contributed by atoms with Crippen molar-refractivity contribution < 1.29 is 0 Å². The molecule has 130 valence electrons. The summed E-state index contributed by atoms with van der Waals surface area (Å²) in [6.45, 7) is 4.19. The molecule has 1 unspecified atom stereocenters. The van der Waals surface area contributed by atoms with Crippen molar-refractivity contribution in [2.24, 2.45) is 13.0 Å². The number of nitrogens with one attached hydrogen (secondary N) is 2. The van der Waals surface area contributed by atoms with Crippen molar-refractivity contribution in [2.45, 2.75) is 58.0 Å². The number of H-pyrrole nitrogens is 1. The smallest absolute Gasteiger partial charge is 0.307 e. The first kappa shape index (κ1) is 16.8. The Hall–Kier alpha value is -2.02. The van der Waals surface area contributed by atoms with Crippen LogP contribution in [0, 0.1) is 12.8 Å². The number of aryl methyl sites for hydroxylation is 1. The van der Waals surface area contributed by atoms with Gasteiger partial charge in [-0.15, -0.1) is 0 Å². The summed E-state index contributed by atoms with van der Waals surface area (Å²) in [4.78, 5) is 20.0. The Morgan fingerprint density at radius 1 is 1.42 bits per heavy atom. The van der Waals surface area contributed by atoms with E-state index in [1.54, 1.807) is 17.9 Å². The second-order valence-electron chi connectivity index (χ2n) is 6.81. The molecule has 0 aliphatic heterocycles. The maximum absolute atomic E-state index is 11.6. The Morgan fingerprint density at radius 2 is 2.21 bits per heavy atom. The van der Waals surface area contributed by atoms with Gasteiger partial charge in [-0.25, -0.2) is 19.9 Å². The average Bonchev–Trinajstić information content (AvgIpc) is 2.89. The summed E-state index contributed by atoms with van der Waals surface area (Å²) in [5.74, 6) is 1.32. The van der Waals surface area contributed by atoms with Gasteiger partial charge in [-0.05, 0) is 32.6 Å². The van der Waals surface area contributed by atoms with Gasteiger partial charge in [0, 0.05) is 43.0 Å². The van der Waals surface area contributed by atoms with E-state index in [-0.39, 0.29) is 11.7 Å². The Morgan fingerprint density at radius 3 is 2.92 bits per heavy atom. The van der Waals surface area contributed by atoms with E-state index in [2.05, 4.69) is 32.4 Å². The fraction of sp³-hybridized carbons (Fsp3) is 0.647. The van der Waals surface area contributed by atoms with Crippen LogP contribution < -0.4 is 11.0 Å². The monoisotopic (exact) mass is 330 g/mol. The molecule has 2 N–H and O–H groups in total. The molecule has 0 spiro atoms. The first-order valence-corrected chi connectivity index (χ1v) is 8.69. The third kappa shape index (κ3) is 3.56. The predicted octanol–water partition coefficient (Wildman–Crippen LogP) is 1.66. The highest BCUT2D eigenvalue weighted by Crippen LogP contribution is 2.29. The highest BCUT2D eigenvalue weighted by molar-refractivity contribution is 5.18. The summed E-state index contributed by atoms with van der Waals surface area (Å²) in [6.07, 6.45) is 9.11. The molecule has 1 saturated carbocycles. The molecule has 2 aromatic heterocycles. The van der Waals surface area contributed by atoms with Crippen molar-refractivity contribution in [3.63, 3.8) is 0 Å². The van der Waals surface area contributed by atoms with Gasteiger partial charge in [0.1, 0.15) is 12.2 Å². The van der Waals surface area contributed by atoms with Crippen LogP contribution in [0.5, 0.6) is 0 Å². The minimum absolute atomic E-state index is 0.143. The molecule has 24 heavy (non-hydrogen) atoms. The highest BCUT2D eigenvalue weighted by Gasteiger charge is 2.28. The maximum Gasteiger partial charge on any atom is 0.343 e. The molecule has 1 fully saturated rings. The van der Waals surface area contributed by atoms with Gasteiger partial charge < -0.3 is 5.32 Å². The van der Waals surface area contributed by atoms with Gasteiger partial charge >= 0.3 is 5.69 Å². The van der Waals surface area contributed by atoms with E-state index in [4.69, 9.17) is 0 Å². The van der Waals surface area contributed by atoms with Crippen molar-refractivity contribution in [2.75, 3.05) is 0 Å². The molecule has 7 nitrogen and oxygen atoms in total. The van der Waals surface area contributed by atoms with Gasteiger partial charge in [-0.3, -0.25) is 4.57 Å². The third-order valence-corrected chi connectivity index (χ3v) is 5.21. The Labute approximate surface area is 141 Å². The summed E-state index contributed by atoms with van der Waals surface area (Å²) < 4.78 is 1.62. The minimum Gasteiger partial charge on any atom is -0.307 e. The van der Waals surface area contributed by atoms with Crippen LogP contribution in [0.3, 0.4) is 0 Å². The molecule has 1 aliphatic carbocycles. The molecule has 0 bridgehead atoms. The van der Waals surface area contributed by atoms with Crippen LogP contribution in [0.25, 0.3) is 0 Å². The molecule has 3 atom stereocenters. The van der Waals surface area contributed by atoms with Crippen molar-refractivity contribution in [3.05, 3.63) is 40.1 Å². The van der Waals surface area contributed by atoms with Crippen LogP contribution in [-0.4, -0.2) is 30.8 Å². The first-order valence-electron chi connectivity index (χ1n) is 8.69. The number of aromatic amines is 1. The minimum atomic E-state index is -0.143. The Bertz CT molecular complexity index is 737. The first-order chi connectivity index (χ1) is 11.6. The zero-order chi connectivity index (χ0) is 17.1. The van der Waals surface area contributed by atoms with E-state index in [9.17, 15) is 4.79 Å². The van der Waals surface area contributed by atoms with Crippen LogP contribution in [-0.2, 0) is 13.5 Å². The van der Waals surface area contributed by atoms with Crippen molar-refractivity contribution in [1.82, 2.24) is 30.0 Å². The lowest BCUT2D eigenvalue weighted by Crippen LogP contribution is -2.41. The van der Waals surface area contributed by atoms with E-state index in [1.165, 1.54) is 12.8 Å². The molecule has 1 aliphatic rings. The topological polar surface area (TPSA) is 88.5 Å².